The van der Waals surface area contributed by atoms with E-state index in [1.54, 1.807) is 5.57 Å². The summed E-state index contributed by atoms with van der Waals surface area (Å²) < 4.78 is 0. The summed E-state index contributed by atoms with van der Waals surface area (Å²) >= 11 is 0. The van der Waals surface area contributed by atoms with E-state index in [1.165, 1.54) is 24.8 Å². The molecule has 0 aromatic heterocycles. The number of fused-ring (bicyclic) bond motifs is 5. The van der Waals surface area contributed by atoms with Crippen LogP contribution in [-0.4, -0.2) is 21.9 Å². The van der Waals surface area contributed by atoms with Crippen LogP contribution in [0, 0.1) is 39.4 Å². The van der Waals surface area contributed by atoms with E-state index in [-0.39, 0.29) is 27.8 Å². The molecule has 0 radical (unpaired) electrons. The Morgan fingerprint density at radius 3 is 2.41 bits per heavy atom. The van der Waals surface area contributed by atoms with E-state index in [0.29, 0.717) is 17.8 Å². The summed E-state index contributed by atoms with van der Waals surface area (Å²) in [6, 6.07) is 0. The van der Waals surface area contributed by atoms with Crippen molar-refractivity contribution in [1.29, 1.82) is 0 Å². The molecule has 0 aromatic carbocycles. The number of hydrogen-bond acceptors (Lipinski definition) is 2. The standard InChI is InChI=1S/C30H50O2/c1-20(2)10-9-16-30(8,32)24-14-19-28(6)22-11-12-23-26(3,4)25(31)15-17-27(23,5)21(22)13-18-29(24,28)7/h13,22-25,31-32H,1,9-12,14-19H2,2-8H3/t22?,23?,24-,25-,27+,28-,29+,30-/m0/s1. The van der Waals surface area contributed by atoms with E-state index >= 15 is 0 Å². The molecule has 32 heavy (non-hydrogen) atoms. The first-order valence-corrected chi connectivity index (χ1v) is 13.5. The number of aliphatic hydroxyl groups is 2. The van der Waals surface area contributed by atoms with Gasteiger partial charge >= 0.3 is 0 Å². The predicted molar refractivity (Wildman–Crippen MR) is 134 cm³/mol. The lowest BCUT2D eigenvalue weighted by atomic mass is 9.41. The Morgan fingerprint density at radius 1 is 1.06 bits per heavy atom. The molecule has 3 fully saturated rings. The first-order chi connectivity index (χ1) is 14.7. The molecule has 0 amide bonds. The second kappa shape index (κ2) is 7.70. The number of aliphatic hydroxyl groups excluding tert-OH is 1. The second-order valence-corrected chi connectivity index (χ2v) is 13.9. The Kier molecular flexibility index (Phi) is 5.90. The van der Waals surface area contributed by atoms with Crippen LogP contribution >= 0.6 is 0 Å². The van der Waals surface area contributed by atoms with Crippen LogP contribution in [0.4, 0.5) is 0 Å². The number of rotatable bonds is 5. The fourth-order valence-electron chi connectivity index (χ4n) is 9.63. The van der Waals surface area contributed by atoms with Crippen LogP contribution in [0.25, 0.3) is 0 Å². The fraction of sp³-hybridized carbons (Fsp3) is 0.867. The Labute approximate surface area is 198 Å². The maximum absolute atomic E-state index is 11.7. The van der Waals surface area contributed by atoms with Crippen LogP contribution < -0.4 is 0 Å². The Hall–Kier alpha value is -0.600. The quantitative estimate of drug-likeness (QED) is 0.434. The molecule has 8 atom stereocenters. The smallest absolute Gasteiger partial charge is 0.0653 e. The van der Waals surface area contributed by atoms with Gasteiger partial charge in [0, 0.05) is 0 Å². The molecular formula is C30H50O2. The van der Waals surface area contributed by atoms with Gasteiger partial charge in [0.15, 0.2) is 0 Å². The third-order valence-electron chi connectivity index (χ3n) is 11.8. The summed E-state index contributed by atoms with van der Waals surface area (Å²) in [6.07, 6.45) is 13.4. The Bertz CT molecular complexity index is 791. The third-order valence-corrected chi connectivity index (χ3v) is 11.8. The molecule has 0 aromatic rings. The lowest BCUT2D eigenvalue weighted by molar-refractivity contribution is -0.129. The van der Waals surface area contributed by atoms with Gasteiger partial charge in [-0.05, 0) is 117 Å². The molecule has 0 bridgehead atoms. The molecule has 4 rings (SSSR count). The topological polar surface area (TPSA) is 40.5 Å². The van der Waals surface area contributed by atoms with Crippen LogP contribution in [0.1, 0.15) is 113 Å². The normalized spacial score (nSPS) is 47.0. The van der Waals surface area contributed by atoms with Crippen molar-refractivity contribution in [3.05, 3.63) is 23.8 Å². The zero-order chi connectivity index (χ0) is 23.7. The lowest BCUT2D eigenvalue weighted by Gasteiger charge is -2.64. The van der Waals surface area contributed by atoms with Gasteiger partial charge in [-0.2, -0.15) is 0 Å². The number of allylic oxidation sites excluding steroid dienone is 3. The molecule has 0 heterocycles. The maximum atomic E-state index is 11.7. The van der Waals surface area contributed by atoms with Crippen LogP contribution in [0.5, 0.6) is 0 Å². The molecule has 0 aliphatic heterocycles. The molecule has 4 aliphatic rings. The Morgan fingerprint density at radius 2 is 1.75 bits per heavy atom. The molecule has 2 unspecified atom stereocenters. The minimum absolute atomic E-state index is 0.00830. The van der Waals surface area contributed by atoms with Crippen molar-refractivity contribution >= 4 is 0 Å². The highest BCUT2D eigenvalue weighted by Crippen LogP contribution is 2.73. The van der Waals surface area contributed by atoms with E-state index in [1.807, 2.05) is 0 Å². The highest BCUT2D eigenvalue weighted by atomic mass is 16.3. The minimum Gasteiger partial charge on any atom is -0.393 e. The average Bonchev–Trinajstić information content (AvgIpc) is 2.97. The molecule has 0 saturated heterocycles. The summed E-state index contributed by atoms with van der Waals surface area (Å²) in [4.78, 5) is 0. The van der Waals surface area contributed by atoms with Gasteiger partial charge in [-0.3, -0.25) is 0 Å². The van der Waals surface area contributed by atoms with Gasteiger partial charge in [0.2, 0.25) is 0 Å². The Balaban J connectivity index is 1.65. The minimum atomic E-state index is -0.606. The van der Waals surface area contributed by atoms with Crippen molar-refractivity contribution in [2.24, 2.45) is 39.4 Å². The predicted octanol–water partition coefficient (Wildman–Crippen LogP) is 7.45. The van der Waals surface area contributed by atoms with Crippen molar-refractivity contribution in [2.75, 3.05) is 0 Å². The van der Waals surface area contributed by atoms with Crippen molar-refractivity contribution in [2.45, 2.75) is 124 Å². The zero-order valence-corrected chi connectivity index (χ0v) is 22.1. The highest BCUT2D eigenvalue weighted by molar-refractivity contribution is 5.33. The van der Waals surface area contributed by atoms with Crippen LogP contribution in [0.2, 0.25) is 0 Å². The average molecular weight is 443 g/mol. The molecule has 182 valence electrons. The monoisotopic (exact) mass is 442 g/mol. The van der Waals surface area contributed by atoms with Gasteiger partial charge in [-0.25, -0.2) is 0 Å². The molecule has 2 heteroatoms. The first-order valence-electron chi connectivity index (χ1n) is 13.5. The molecular weight excluding hydrogens is 392 g/mol. The van der Waals surface area contributed by atoms with E-state index in [0.717, 1.165) is 44.9 Å². The van der Waals surface area contributed by atoms with Crippen molar-refractivity contribution in [3.63, 3.8) is 0 Å². The van der Waals surface area contributed by atoms with Crippen LogP contribution in [0.3, 0.4) is 0 Å². The molecule has 3 saturated carbocycles. The summed E-state index contributed by atoms with van der Waals surface area (Å²) in [6.45, 7) is 20.5. The summed E-state index contributed by atoms with van der Waals surface area (Å²) in [5, 5.41) is 22.5. The van der Waals surface area contributed by atoms with Crippen LogP contribution in [0.15, 0.2) is 23.8 Å². The van der Waals surface area contributed by atoms with Gasteiger partial charge < -0.3 is 10.2 Å². The third kappa shape index (κ3) is 3.33. The van der Waals surface area contributed by atoms with E-state index in [2.05, 4.69) is 61.1 Å². The second-order valence-electron chi connectivity index (χ2n) is 13.9. The maximum Gasteiger partial charge on any atom is 0.0653 e. The highest BCUT2D eigenvalue weighted by Gasteiger charge is 2.66. The summed E-state index contributed by atoms with van der Waals surface area (Å²) in [5.74, 6) is 1.56. The van der Waals surface area contributed by atoms with Gasteiger partial charge in [0.05, 0.1) is 11.7 Å². The van der Waals surface area contributed by atoms with Gasteiger partial charge in [0.25, 0.3) is 0 Å². The fourth-order valence-corrected chi connectivity index (χ4v) is 9.63. The largest absolute Gasteiger partial charge is 0.393 e. The van der Waals surface area contributed by atoms with Crippen LogP contribution in [-0.2, 0) is 0 Å². The summed E-state index contributed by atoms with van der Waals surface area (Å²) in [7, 11) is 0. The molecule has 4 aliphatic carbocycles. The van der Waals surface area contributed by atoms with Crippen molar-refractivity contribution < 1.29 is 10.2 Å². The van der Waals surface area contributed by atoms with E-state index in [4.69, 9.17) is 0 Å². The van der Waals surface area contributed by atoms with Gasteiger partial charge in [0.1, 0.15) is 0 Å². The van der Waals surface area contributed by atoms with Crippen molar-refractivity contribution in [1.82, 2.24) is 0 Å². The van der Waals surface area contributed by atoms with Gasteiger partial charge in [-0.1, -0.05) is 51.8 Å². The first kappa shape index (κ1) is 24.5. The zero-order valence-electron chi connectivity index (χ0n) is 22.1. The van der Waals surface area contributed by atoms with E-state index in [9.17, 15) is 10.2 Å². The van der Waals surface area contributed by atoms with Crippen molar-refractivity contribution in [3.8, 4) is 0 Å². The molecule has 2 nitrogen and oxygen atoms in total. The SMILES string of the molecule is C=C(C)CCC[C@](C)(O)[C@H]1CC[C@@]2(C)C3CCC4C(C)(C)[C@@H](O)CC[C@]4(C)C3=CC[C@]12C. The molecule has 2 N–H and O–H groups in total. The van der Waals surface area contributed by atoms with E-state index < -0.39 is 5.60 Å². The summed E-state index contributed by atoms with van der Waals surface area (Å²) in [5.41, 5.74) is 2.96. The lowest BCUT2D eigenvalue weighted by Crippen LogP contribution is -2.58. The molecule has 0 spiro atoms. The number of hydrogen-bond donors (Lipinski definition) is 2. The van der Waals surface area contributed by atoms with Gasteiger partial charge in [-0.15, -0.1) is 6.58 Å².